The van der Waals surface area contributed by atoms with Crippen molar-refractivity contribution in [3.63, 3.8) is 0 Å². The van der Waals surface area contributed by atoms with Crippen LogP contribution < -0.4 is 11.5 Å². The van der Waals surface area contributed by atoms with Crippen molar-refractivity contribution in [2.45, 2.75) is 0 Å². The number of hydrogen-bond acceptors (Lipinski definition) is 4. The van der Waals surface area contributed by atoms with Gasteiger partial charge in [0.1, 0.15) is 5.58 Å². The quantitative estimate of drug-likeness (QED) is 0.757. The molecule has 3 aromatic rings. The second kappa shape index (κ2) is 4.54. The zero-order valence-electron chi connectivity index (χ0n) is 10.3. The molecule has 0 unspecified atom stereocenters. The van der Waals surface area contributed by atoms with Crippen LogP contribution >= 0.6 is 11.6 Å². The van der Waals surface area contributed by atoms with E-state index in [2.05, 4.69) is 4.98 Å². The number of halogens is 1. The fraction of sp³-hybridized carbons (Fsp3) is 0. The summed E-state index contributed by atoms with van der Waals surface area (Å²) in [5.41, 5.74) is 13.4. The van der Waals surface area contributed by atoms with E-state index in [1.165, 1.54) is 0 Å². The molecule has 1 amide bonds. The highest BCUT2D eigenvalue weighted by Gasteiger charge is 2.19. The van der Waals surface area contributed by atoms with Gasteiger partial charge in [0.25, 0.3) is 5.91 Å². The number of fused-ring (bicyclic) bond motifs is 1. The number of amides is 1. The molecule has 0 aliphatic carbocycles. The molecule has 6 heteroatoms. The highest BCUT2D eigenvalue weighted by Crippen LogP contribution is 2.35. The Bertz CT molecular complexity index is 809. The van der Waals surface area contributed by atoms with Crippen LogP contribution in [-0.2, 0) is 0 Å². The smallest absolute Gasteiger partial charge is 0.286 e. The lowest BCUT2D eigenvalue weighted by molar-refractivity contribution is 0.0977. The molecule has 0 radical (unpaired) electrons. The van der Waals surface area contributed by atoms with Gasteiger partial charge in [0.05, 0.1) is 21.8 Å². The molecule has 5 nitrogen and oxygen atoms in total. The molecule has 0 saturated carbocycles. The molecule has 2 heterocycles. The number of carbonyl (C=O) groups excluding carboxylic acids is 1. The van der Waals surface area contributed by atoms with Crippen LogP contribution in [0.15, 0.2) is 40.9 Å². The van der Waals surface area contributed by atoms with Crippen molar-refractivity contribution in [3.8, 4) is 11.3 Å². The summed E-state index contributed by atoms with van der Waals surface area (Å²) >= 11 is 5.83. The molecule has 0 spiro atoms. The molecule has 0 aliphatic heterocycles. The topological polar surface area (TPSA) is 95.1 Å². The first-order chi connectivity index (χ1) is 9.58. The SMILES string of the molecule is NC(=O)c1oc2cccc(-c3ccc(Cl)cn3)c2c1N. The number of carbonyl (C=O) groups is 1. The first-order valence-corrected chi connectivity index (χ1v) is 6.18. The maximum atomic E-state index is 11.3. The number of aromatic nitrogens is 1. The van der Waals surface area contributed by atoms with Crippen LogP contribution in [0.1, 0.15) is 10.6 Å². The fourth-order valence-corrected chi connectivity index (χ4v) is 2.22. The van der Waals surface area contributed by atoms with Gasteiger partial charge >= 0.3 is 0 Å². The minimum atomic E-state index is -0.700. The predicted octanol–water partition coefficient (Wildman–Crippen LogP) is 2.83. The normalized spacial score (nSPS) is 10.8. The molecule has 0 aliphatic rings. The Morgan fingerprint density at radius 1 is 1.25 bits per heavy atom. The van der Waals surface area contributed by atoms with E-state index in [1.807, 2.05) is 6.07 Å². The van der Waals surface area contributed by atoms with Crippen LogP contribution in [0.2, 0.25) is 5.02 Å². The monoisotopic (exact) mass is 287 g/mol. The number of rotatable bonds is 2. The third-order valence-corrected chi connectivity index (χ3v) is 3.20. The highest BCUT2D eigenvalue weighted by molar-refractivity contribution is 6.30. The van der Waals surface area contributed by atoms with Crippen molar-refractivity contribution in [1.82, 2.24) is 4.98 Å². The summed E-state index contributed by atoms with van der Waals surface area (Å²) in [6.07, 6.45) is 1.54. The average Bonchev–Trinajstić information content (AvgIpc) is 2.77. The predicted molar refractivity (Wildman–Crippen MR) is 77.4 cm³/mol. The van der Waals surface area contributed by atoms with Crippen LogP contribution in [0, 0.1) is 0 Å². The average molecular weight is 288 g/mol. The molecule has 0 bridgehead atoms. The van der Waals surface area contributed by atoms with Gasteiger partial charge in [0.2, 0.25) is 5.76 Å². The van der Waals surface area contributed by atoms with Crippen LogP contribution in [-0.4, -0.2) is 10.9 Å². The van der Waals surface area contributed by atoms with Gasteiger partial charge in [-0.05, 0) is 18.2 Å². The lowest BCUT2D eigenvalue weighted by atomic mass is 10.0. The Hall–Kier alpha value is -2.53. The third kappa shape index (κ3) is 1.88. The Kier molecular flexibility index (Phi) is 2.84. The Balaban J connectivity index is 2.31. The number of anilines is 1. The highest BCUT2D eigenvalue weighted by atomic mass is 35.5. The van der Waals surface area contributed by atoms with Gasteiger partial charge in [-0.25, -0.2) is 0 Å². The number of furan rings is 1. The van der Waals surface area contributed by atoms with E-state index in [0.717, 1.165) is 5.56 Å². The summed E-state index contributed by atoms with van der Waals surface area (Å²) in [4.78, 5) is 15.5. The lowest BCUT2D eigenvalue weighted by Crippen LogP contribution is -2.11. The maximum absolute atomic E-state index is 11.3. The van der Waals surface area contributed by atoms with Gasteiger partial charge in [0, 0.05) is 11.8 Å². The van der Waals surface area contributed by atoms with E-state index in [4.69, 9.17) is 27.5 Å². The zero-order chi connectivity index (χ0) is 14.3. The van der Waals surface area contributed by atoms with Gasteiger partial charge in [0.15, 0.2) is 0 Å². The first kappa shape index (κ1) is 12.5. The summed E-state index contributed by atoms with van der Waals surface area (Å²) in [6.45, 7) is 0. The molecule has 2 aromatic heterocycles. The van der Waals surface area contributed by atoms with Gasteiger partial charge in [-0.15, -0.1) is 0 Å². The van der Waals surface area contributed by atoms with Gasteiger partial charge in [-0.2, -0.15) is 0 Å². The standard InChI is InChI=1S/C14H10ClN3O2/c15-7-4-5-9(18-6-7)8-2-1-3-10-11(8)12(16)13(20-10)14(17)19/h1-6H,16H2,(H2,17,19). The molecule has 0 fully saturated rings. The Morgan fingerprint density at radius 2 is 2.05 bits per heavy atom. The first-order valence-electron chi connectivity index (χ1n) is 5.80. The third-order valence-electron chi connectivity index (χ3n) is 2.98. The van der Waals surface area contributed by atoms with Crippen molar-refractivity contribution in [2.24, 2.45) is 5.73 Å². The lowest BCUT2D eigenvalue weighted by Gasteiger charge is -2.03. The largest absolute Gasteiger partial charge is 0.449 e. The van der Waals surface area contributed by atoms with E-state index in [-0.39, 0.29) is 11.4 Å². The van der Waals surface area contributed by atoms with E-state index in [9.17, 15) is 4.79 Å². The molecule has 0 atom stereocenters. The second-order valence-corrected chi connectivity index (χ2v) is 4.69. The van der Waals surface area contributed by atoms with Crippen molar-refractivity contribution in [2.75, 3.05) is 5.73 Å². The number of primary amides is 1. The van der Waals surface area contributed by atoms with Crippen molar-refractivity contribution < 1.29 is 9.21 Å². The zero-order valence-corrected chi connectivity index (χ0v) is 11.0. The number of nitrogen functional groups attached to an aromatic ring is 1. The van der Waals surface area contributed by atoms with Gasteiger partial charge in [-0.3, -0.25) is 9.78 Å². The van der Waals surface area contributed by atoms with Crippen LogP contribution in [0.4, 0.5) is 5.69 Å². The number of nitrogens with zero attached hydrogens (tertiary/aromatic N) is 1. The molecule has 20 heavy (non-hydrogen) atoms. The number of pyridine rings is 1. The summed E-state index contributed by atoms with van der Waals surface area (Å²) in [5, 5.41) is 1.16. The van der Waals surface area contributed by atoms with Crippen molar-refractivity contribution in [3.05, 3.63) is 47.3 Å². The molecular weight excluding hydrogens is 278 g/mol. The van der Waals surface area contributed by atoms with Crippen LogP contribution in [0.25, 0.3) is 22.2 Å². The van der Waals surface area contributed by atoms with E-state index >= 15 is 0 Å². The van der Waals surface area contributed by atoms with Gasteiger partial charge < -0.3 is 15.9 Å². The number of hydrogen-bond donors (Lipinski definition) is 2. The van der Waals surface area contributed by atoms with Gasteiger partial charge in [-0.1, -0.05) is 23.7 Å². The second-order valence-electron chi connectivity index (χ2n) is 4.25. The summed E-state index contributed by atoms with van der Waals surface area (Å²) in [7, 11) is 0. The Labute approximate surface area is 119 Å². The number of nitrogens with two attached hydrogens (primary N) is 2. The van der Waals surface area contributed by atoms with E-state index < -0.39 is 5.91 Å². The molecule has 4 N–H and O–H groups in total. The molecule has 3 rings (SSSR count). The number of benzene rings is 1. The molecular formula is C14H10ClN3O2. The summed E-state index contributed by atoms with van der Waals surface area (Å²) < 4.78 is 5.39. The minimum Gasteiger partial charge on any atom is -0.449 e. The minimum absolute atomic E-state index is 0.0404. The Morgan fingerprint density at radius 3 is 2.70 bits per heavy atom. The molecule has 0 saturated heterocycles. The van der Waals surface area contributed by atoms with E-state index in [1.54, 1.807) is 30.5 Å². The molecule has 100 valence electrons. The van der Waals surface area contributed by atoms with Crippen molar-refractivity contribution in [1.29, 1.82) is 0 Å². The van der Waals surface area contributed by atoms with E-state index in [0.29, 0.717) is 21.7 Å². The fourth-order valence-electron chi connectivity index (χ4n) is 2.10. The summed E-state index contributed by atoms with van der Waals surface area (Å²) in [6, 6.07) is 8.86. The maximum Gasteiger partial charge on any atom is 0.286 e. The van der Waals surface area contributed by atoms with Crippen LogP contribution in [0.3, 0.4) is 0 Å². The van der Waals surface area contributed by atoms with Crippen molar-refractivity contribution >= 4 is 34.2 Å². The van der Waals surface area contributed by atoms with Crippen LogP contribution in [0.5, 0.6) is 0 Å². The summed E-state index contributed by atoms with van der Waals surface area (Å²) in [5.74, 6) is -0.741. The molecule has 1 aromatic carbocycles.